The van der Waals surface area contributed by atoms with Crippen molar-refractivity contribution < 1.29 is 14.6 Å². The number of nitrogens with one attached hydrogen (secondary N) is 1. The van der Waals surface area contributed by atoms with E-state index >= 15 is 0 Å². The molecule has 1 aliphatic rings. The van der Waals surface area contributed by atoms with Crippen molar-refractivity contribution in [2.45, 2.75) is 64.1 Å². The average molecular weight is 491 g/mol. The summed E-state index contributed by atoms with van der Waals surface area (Å²) in [6, 6.07) is 10.9. The summed E-state index contributed by atoms with van der Waals surface area (Å²) in [5.74, 6) is 0.779. The van der Waals surface area contributed by atoms with Gasteiger partial charge >= 0.3 is 0 Å². The van der Waals surface area contributed by atoms with E-state index in [1.807, 2.05) is 6.07 Å². The third kappa shape index (κ3) is 6.37. The molecule has 2 N–H and O–H groups in total. The molecule has 0 unspecified atom stereocenters. The third-order valence-electron chi connectivity index (χ3n) is 6.11. The van der Waals surface area contributed by atoms with Crippen LogP contribution in [0.1, 0.15) is 57.6 Å². The fourth-order valence-corrected chi connectivity index (χ4v) is 4.47. The van der Waals surface area contributed by atoms with E-state index in [-0.39, 0.29) is 18.2 Å². The van der Waals surface area contributed by atoms with Gasteiger partial charge in [-0.15, -0.1) is 0 Å². The number of hydrogen-bond acceptors (Lipinski definition) is 7. The minimum atomic E-state index is -0.951. The van der Waals surface area contributed by atoms with Crippen molar-refractivity contribution in [3.8, 4) is 17.6 Å². The van der Waals surface area contributed by atoms with Crippen LogP contribution in [0.4, 0.5) is 5.82 Å². The number of carbonyl (C=O) groups excluding carboxylic acids is 1. The molecule has 10 heteroatoms. The number of aromatic nitrogens is 4. The van der Waals surface area contributed by atoms with Gasteiger partial charge in [0.05, 0.1) is 23.9 Å². The standard InChI is InChI=1S/C26H30N6O4/c1-26(2,35)17-31-12-11-23(30-31)29-25(34)21(13-18-7-3-4-8-18)32-24(33)14-20(16-28-32)36-22-10-6-5-9-19(22)15-27/h5-6,9-12,14,16,18,21,35H,3-4,7-8,13,17H2,1-2H3,(H,29,30,34)/t21-/m0/s1. The van der Waals surface area contributed by atoms with Crippen LogP contribution in [0.25, 0.3) is 0 Å². The molecule has 2 aromatic heterocycles. The van der Waals surface area contributed by atoms with Crippen molar-refractivity contribution in [3.05, 3.63) is 64.7 Å². The van der Waals surface area contributed by atoms with Crippen LogP contribution >= 0.6 is 0 Å². The van der Waals surface area contributed by atoms with E-state index in [0.717, 1.165) is 25.7 Å². The number of anilines is 1. The normalized spacial score (nSPS) is 14.8. The third-order valence-corrected chi connectivity index (χ3v) is 6.11. The van der Waals surface area contributed by atoms with Crippen LogP contribution in [0.15, 0.2) is 53.6 Å². The Kier molecular flexibility index (Phi) is 7.50. The van der Waals surface area contributed by atoms with Gasteiger partial charge in [0.1, 0.15) is 17.9 Å². The van der Waals surface area contributed by atoms with Crippen LogP contribution in [0.5, 0.6) is 11.5 Å². The lowest BCUT2D eigenvalue weighted by atomic mass is 9.98. The van der Waals surface area contributed by atoms with Gasteiger partial charge in [0, 0.05) is 18.3 Å². The van der Waals surface area contributed by atoms with Crippen molar-refractivity contribution in [1.29, 1.82) is 5.26 Å². The molecule has 36 heavy (non-hydrogen) atoms. The lowest BCUT2D eigenvalue weighted by molar-refractivity contribution is -0.120. The minimum absolute atomic E-state index is 0.185. The molecule has 1 saturated carbocycles. The molecule has 4 rings (SSSR count). The zero-order valence-electron chi connectivity index (χ0n) is 20.4. The average Bonchev–Trinajstić information content (AvgIpc) is 3.49. The van der Waals surface area contributed by atoms with E-state index < -0.39 is 17.2 Å². The van der Waals surface area contributed by atoms with Gasteiger partial charge < -0.3 is 15.2 Å². The van der Waals surface area contributed by atoms with E-state index in [1.54, 1.807) is 55.1 Å². The van der Waals surface area contributed by atoms with E-state index in [4.69, 9.17) is 4.74 Å². The largest absolute Gasteiger partial charge is 0.454 e. The molecule has 0 aliphatic heterocycles. The van der Waals surface area contributed by atoms with Gasteiger partial charge in [-0.25, -0.2) is 4.68 Å². The van der Waals surface area contributed by atoms with Crippen LogP contribution in [0.3, 0.4) is 0 Å². The number of hydrogen-bond donors (Lipinski definition) is 2. The summed E-state index contributed by atoms with van der Waals surface area (Å²) in [4.78, 5) is 26.4. The highest BCUT2D eigenvalue weighted by Crippen LogP contribution is 2.32. The molecular formula is C26H30N6O4. The van der Waals surface area contributed by atoms with Crippen molar-refractivity contribution >= 4 is 11.7 Å². The molecule has 1 fully saturated rings. The number of aliphatic hydroxyl groups is 1. The molecule has 1 aliphatic carbocycles. The minimum Gasteiger partial charge on any atom is -0.454 e. The quantitative estimate of drug-likeness (QED) is 0.467. The second-order valence-corrected chi connectivity index (χ2v) is 9.79. The molecule has 0 bridgehead atoms. The number of carbonyl (C=O) groups is 1. The van der Waals surface area contributed by atoms with Gasteiger partial charge in [0.2, 0.25) is 0 Å². The number of para-hydroxylation sites is 1. The van der Waals surface area contributed by atoms with Gasteiger partial charge in [0.25, 0.3) is 11.5 Å². The molecule has 2 heterocycles. The number of nitrogens with zero attached hydrogens (tertiary/aromatic N) is 5. The zero-order valence-corrected chi connectivity index (χ0v) is 20.4. The first kappa shape index (κ1) is 25.1. The number of nitriles is 1. The predicted molar refractivity (Wildman–Crippen MR) is 132 cm³/mol. The molecule has 1 amide bonds. The summed E-state index contributed by atoms with van der Waals surface area (Å²) < 4.78 is 8.45. The highest BCUT2D eigenvalue weighted by atomic mass is 16.5. The van der Waals surface area contributed by atoms with E-state index in [1.165, 1.54) is 16.9 Å². The van der Waals surface area contributed by atoms with Gasteiger partial charge in [-0.1, -0.05) is 37.8 Å². The van der Waals surface area contributed by atoms with E-state index in [9.17, 15) is 20.0 Å². The van der Waals surface area contributed by atoms with Crippen LogP contribution in [-0.4, -0.2) is 36.2 Å². The Morgan fingerprint density at radius 1 is 1.31 bits per heavy atom. The number of ether oxygens (including phenoxy) is 1. The second-order valence-electron chi connectivity index (χ2n) is 9.79. The lowest BCUT2D eigenvalue weighted by Crippen LogP contribution is -2.36. The van der Waals surface area contributed by atoms with E-state index in [0.29, 0.717) is 29.5 Å². The topological polar surface area (TPSA) is 135 Å². The Bertz CT molecular complexity index is 1310. The Morgan fingerprint density at radius 2 is 2.06 bits per heavy atom. The number of rotatable bonds is 9. The van der Waals surface area contributed by atoms with Gasteiger partial charge in [-0.2, -0.15) is 15.5 Å². The Balaban J connectivity index is 1.55. The highest BCUT2D eigenvalue weighted by molar-refractivity contribution is 5.92. The molecule has 1 atom stereocenters. The second kappa shape index (κ2) is 10.7. The molecule has 188 valence electrons. The van der Waals surface area contributed by atoms with Crippen molar-refractivity contribution in [3.63, 3.8) is 0 Å². The molecule has 0 radical (unpaired) electrons. The molecule has 0 saturated heterocycles. The molecule has 3 aromatic rings. The maximum Gasteiger partial charge on any atom is 0.271 e. The van der Waals surface area contributed by atoms with Crippen LogP contribution in [-0.2, 0) is 11.3 Å². The molecule has 0 spiro atoms. The maximum absolute atomic E-state index is 13.3. The molecule has 1 aromatic carbocycles. The van der Waals surface area contributed by atoms with Crippen LogP contribution in [0, 0.1) is 17.2 Å². The van der Waals surface area contributed by atoms with Crippen molar-refractivity contribution in [2.24, 2.45) is 5.92 Å². The van der Waals surface area contributed by atoms with Crippen LogP contribution in [0.2, 0.25) is 0 Å². The number of amides is 1. The van der Waals surface area contributed by atoms with Crippen molar-refractivity contribution in [2.75, 3.05) is 5.32 Å². The summed E-state index contributed by atoms with van der Waals surface area (Å²) in [6.45, 7) is 3.62. The summed E-state index contributed by atoms with van der Waals surface area (Å²) in [7, 11) is 0. The Morgan fingerprint density at radius 3 is 2.75 bits per heavy atom. The van der Waals surface area contributed by atoms with Gasteiger partial charge in [0.15, 0.2) is 11.6 Å². The molecule has 10 nitrogen and oxygen atoms in total. The van der Waals surface area contributed by atoms with Gasteiger partial charge in [-0.3, -0.25) is 14.3 Å². The first-order valence-electron chi connectivity index (χ1n) is 12.0. The Hall–Kier alpha value is -3.97. The van der Waals surface area contributed by atoms with Crippen molar-refractivity contribution in [1.82, 2.24) is 19.6 Å². The first-order chi connectivity index (χ1) is 17.2. The Labute approximate surface area is 209 Å². The molecular weight excluding hydrogens is 460 g/mol. The van der Waals surface area contributed by atoms with Gasteiger partial charge in [-0.05, 0) is 38.3 Å². The fraction of sp³-hybridized carbons (Fsp3) is 0.423. The summed E-state index contributed by atoms with van der Waals surface area (Å²) in [5, 5.41) is 30.7. The smallest absolute Gasteiger partial charge is 0.271 e. The van der Waals surface area contributed by atoms with E-state index in [2.05, 4.69) is 15.5 Å². The SMILES string of the molecule is CC(C)(O)Cn1ccc(NC(=O)[C@H](CC2CCCC2)n2ncc(Oc3ccccc3C#N)cc2=O)n1. The lowest BCUT2D eigenvalue weighted by Gasteiger charge is -2.21. The predicted octanol–water partition coefficient (Wildman–Crippen LogP) is 3.63. The van der Waals surface area contributed by atoms with Crippen LogP contribution < -0.4 is 15.6 Å². The summed E-state index contributed by atoms with van der Waals surface area (Å²) >= 11 is 0. The number of benzene rings is 1. The monoisotopic (exact) mass is 490 g/mol. The fourth-order valence-electron chi connectivity index (χ4n) is 4.47. The highest BCUT2D eigenvalue weighted by Gasteiger charge is 2.29. The zero-order chi connectivity index (χ0) is 25.7. The first-order valence-corrected chi connectivity index (χ1v) is 12.0. The summed E-state index contributed by atoms with van der Waals surface area (Å²) in [5.41, 5.74) is -1.09. The maximum atomic E-state index is 13.3. The summed E-state index contributed by atoms with van der Waals surface area (Å²) in [6.07, 6.45) is 7.76.